The van der Waals surface area contributed by atoms with Crippen molar-refractivity contribution in [3.8, 4) is 0 Å². The molecule has 0 aliphatic heterocycles. The van der Waals surface area contributed by atoms with Gasteiger partial charge < -0.3 is 19.8 Å². The Bertz CT molecular complexity index is 1400. The van der Waals surface area contributed by atoms with Gasteiger partial charge in [0.2, 0.25) is 5.91 Å². The van der Waals surface area contributed by atoms with Gasteiger partial charge in [-0.05, 0) is 57.8 Å². The van der Waals surface area contributed by atoms with Gasteiger partial charge in [-0.1, -0.05) is 299 Å². The normalized spacial score (nSPS) is 14.2. The lowest BCUT2D eigenvalue weighted by Crippen LogP contribution is -2.46. The summed E-state index contributed by atoms with van der Waals surface area (Å²) in [5.41, 5.74) is 0. The van der Waals surface area contributed by atoms with Crippen molar-refractivity contribution in [3.63, 3.8) is 0 Å². The molecule has 440 valence electrons. The Labute approximate surface area is 466 Å². The Balaban J connectivity index is 4.11. The van der Waals surface area contributed by atoms with Crippen LogP contribution in [0.1, 0.15) is 303 Å². The largest absolute Gasteiger partial charge is 0.472 e. The van der Waals surface area contributed by atoms with Crippen molar-refractivity contribution in [2.45, 2.75) is 315 Å². The first-order valence-electron chi connectivity index (χ1n) is 32.2. The second-order valence-electron chi connectivity index (χ2n) is 23.1. The summed E-state index contributed by atoms with van der Waals surface area (Å²) in [6.07, 6.45) is 77.3. The van der Waals surface area contributed by atoms with Crippen LogP contribution in [0.5, 0.6) is 0 Å². The first kappa shape index (κ1) is 73.2. The highest BCUT2D eigenvalue weighted by atomic mass is 31.2. The average Bonchev–Trinajstić information content (AvgIpc) is 3.37. The highest BCUT2D eigenvalue weighted by Crippen LogP contribution is 2.43. The number of hydrogen-bond donors (Lipinski definition) is 3. The Morgan fingerprint density at radius 2 is 0.800 bits per heavy atom. The van der Waals surface area contributed by atoms with Crippen molar-refractivity contribution < 1.29 is 32.9 Å². The molecule has 0 fully saturated rings. The number of aliphatic hydroxyl groups is 1. The number of amides is 1. The van der Waals surface area contributed by atoms with Crippen LogP contribution in [0.3, 0.4) is 0 Å². The van der Waals surface area contributed by atoms with Crippen LogP contribution >= 0.6 is 7.82 Å². The Kier molecular flexibility index (Phi) is 55.5. The number of allylic oxidation sites excluding steroid dienone is 10. The quantitative estimate of drug-likeness (QED) is 0.0243. The molecule has 75 heavy (non-hydrogen) atoms. The van der Waals surface area contributed by atoms with Crippen molar-refractivity contribution in [2.75, 3.05) is 40.9 Å². The molecule has 3 atom stereocenters. The lowest BCUT2D eigenvalue weighted by molar-refractivity contribution is -0.870. The second kappa shape index (κ2) is 56.9. The predicted octanol–water partition coefficient (Wildman–Crippen LogP) is 20.0. The molecule has 0 rings (SSSR count). The molecule has 0 spiro atoms. The molecule has 0 bridgehead atoms. The number of carbonyl (C=O) groups is 1. The first-order valence-corrected chi connectivity index (χ1v) is 33.6. The van der Waals surface area contributed by atoms with Gasteiger partial charge in [-0.15, -0.1) is 0 Å². The summed E-state index contributed by atoms with van der Waals surface area (Å²) in [7, 11) is 1.61. The average molecular weight is 1070 g/mol. The molecule has 0 heterocycles. The van der Waals surface area contributed by atoms with Gasteiger partial charge in [0.15, 0.2) is 0 Å². The van der Waals surface area contributed by atoms with E-state index in [0.29, 0.717) is 23.9 Å². The number of phosphoric acid groups is 1. The highest BCUT2D eigenvalue weighted by molar-refractivity contribution is 7.47. The third kappa shape index (κ3) is 59.7. The monoisotopic (exact) mass is 1070 g/mol. The van der Waals surface area contributed by atoms with E-state index in [0.717, 1.165) is 77.0 Å². The molecule has 0 saturated carbocycles. The molecule has 0 saturated heterocycles. The summed E-state index contributed by atoms with van der Waals surface area (Å²) in [6.45, 7) is 4.80. The zero-order valence-corrected chi connectivity index (χ0v) is 51.2. The summed E-state index contributed by atoms with van der Waals surface area (Å²) >= 11 is 0. The summed E-state index contributed by atoms with van der Waals surface area (Å²) < 4.78 is 23.9. The lowest BCUT2D eigenvalue weighted by Gasteiger charge is -2.26. The maximum absolute atomic E-state index is 13.0. The molecule has 0 aromatic carbocycles. The molecule has 0 aromatic rings. The van der Waals surface area contributed by atoms with E-state index in [9.17, 15) is 19.4 Å². The summed E-state index contributed by atoms with van der Waals surface area (Å²) in [5.74, 6) is -0.149. The highest BCUT2D eigenvalue weighted by Gasteiger charge is 2.28. The van der Waals surface area contributed by atoms with Crippen molar-refractivity contribution in [3.05, 3.63) is 60.8 Å². The Morgan fingerprint density at radius 3 is 1.17 bits per heavy atom. The van der Waals surface area contributed by atoms with Gasteiger partial charge in [0.05, 0.1) is 39.9 Å². The minimum absolute atomic E-state index is 0.0717. The van der Waals surface area contributed by atoms with Crippen LogP contribution in [0.25, 0.3) is 0 Å². The van der Waals surface area contributed by atoms with Crippen molar-refractivity contribution >= 4 is 13.7 Å². The lowest BCUT2D eigenvalue weighted by atomic mass is 10.0. The van der Waals surface area contributed by atoms with Crippen LogP contribution in [0.15, 0.2) is 60.8 Å². The minimum Gasteiger partial charge on any atom is -0.391 e. The zero-order valence-electron chi connectivity index (χ0n) is 50.3. The van der Waals surface area contributed by atoms with Crippen molar-refractivity contribution in [2.24, 2.45) is 0 Å². The standard InChI is InChI=1S/C66H125N2O6P/c1-6-8-10-12-14-16-18-20-22-24-26-28-30-32-33-34-36-37-39-41-43-45-47-49-51-53-55-57-59-65(69)64(63-74-75(71,72)73-62-61-68(3,4)5)67-66(70)60-58-56-54-52-50-48-46-44-42-40-38-35-31-29-27-25-23-21-19-17-15-13-11-9-7-2/h9,11,15,17,21,23,27,29,35,38,64-65,69H,6-8,10,12-14,16,18-20,22,24-26,28,30-34,36-37,39-63H2,1-5H3,(H-,67,70,71,72)/p+1/b11-9-,17-15-,23-21-,29-27-,38-35-. The molecule has 8 nitrogen and oxygen atoms in total. The molecule has 0 aliphatic carbocycles. The molecular weight excluding hydrogens is 948 g/mol. The number of aliphatic hydroxyl groups excluding tert-OH is 1. The molecule has 0 aliphatic rings. The number of hydrogen-bond acceptors (Lipinski definition) is 5. The molecular formula is C66H126N2O6P+. The number of rotatable bonds is 59. The van der Waals surface area contributed by atoms with Gasteiger partial charge in [-0.2, -0.15) is 0 Å². The summed E-state index contributed by atoms with van der Waals surface area (Å²) in [6, 6.07) is -0.769. The molecule has 0 radical (unpaired) electrons. The van der Waals surface area contributed by atoms with E-state index in [2.05, 4.69) is 79.9 Å². The van der Waals surface area contributed by atoms with Crippen LogP contribution < -0.4 is 5.32 Å². The number of likely N-dealkylation sites (N-methyl/N-ethyl adjacent to an activating group) is 1. The van der Waals surface area contributed by atoms with Crippen LogP contribution in [0, 0.1) is 0 Å². The SMILES string of the molecule is CC/C=C\C/C=C\C/C=C\C/C=C\C/C=C\CCCCCCCCCCCC(=O)NC(COP(=O)(O)OCC[N+](C)(C)C)C(O)CCCCCCCCCCCCCCCCCCCCCCCCCCCCCC. The van der Waals surface area contributed by atoms with E-state index in [1.165, 1.54) is 199 Å². The smallest absolute Gasteiger partial charge is 0.391 e. The maximum Gasteiger partial charge on any atom is 0.472 e. The van der Waals surface area contributed by atoms with E-state index in [-0.39, 0.29) is 19.1 Å². The fraction of sp³-hybridized carbons (Fsp3) is 0.833. The van der Waals surface area contributed by atoms with Crippen LogP contribution in [0.2, 0.25) is 0 Å². The van der Waals surface area contributed by atoms with Crippen LogP contribution in [0.4, 0.5) is 0 Å². The third-order valence-electron chi connectivity index (χ3n) is 14.5. The zero-order chi connectivity index (χ0) is 54.9. The molecule has 0 aromatic heterocycles. The fourth-order valence-electron chi connectivity index (χ4n) is 9.55. The van der Waals surface area contributed by atoms with Gasteiger partial charge >= 0.3 is 7.82 Å². The number of phosphoric ester groups is 1. The topological polar surface area (TPSA) is 105 Å². The van der Waals surface area contributed by atoms with Gasteiger partial charge in [0.1, 0.15) is 13.2 Å². The molecule has 3 unspecified atom stereocenters. The van der Waals surface area contributed by atoms with E-state index >= 15 is 0 Å². The van der Waals surface area contributed by atoms with Gasteiger partial charge in [-0.3, -0.25) is 13.8 Å². The Hall–Kier alpha value is -1.80. The number of carbonyl (C=O) groups excluding carboxylic acids is 1. The fourth-order valence-corrected chi connectivity index (χ4v) is 10.3. The molecule has 9 heteroatoms. The van der Waals surface area contributed by atoms with Crippen molar-refractivity contribution in [1.29, 1.82) is 0 Å². The third-order valence-corrected chi connectivity index (χ3v) is 15.5. The molecule has 1 amide bonds. The van der Waals surface area contributed by atoms with E-state index in [1.54, 1.807) is 0 Å². The summed E-state index contributed by atoms with van der Waals surface area (Å²) in [5, 5.41) is 14.1. The van der Waals surface area contributed by atoms with E-state index in [1.807, 2.05) is 21.1 Å². The maximum atomic E-state index is 13.0. The van der Waals surface area contributed by atoms with Gasteiger partial charge in [0.25, 0.3) is 0 Å². The van der Waals surface area contributed by atoms with E-state index < -0.39 is 20.0 Å². The molecule has 3 N–H and O–H groups in total. The van der Waals surface area contributed by atoms with Crippen molar-refractivity contribution in [1.82, 2.24) is 5.32 Å². The predicted molar refractivity (Wildman–Crippen MR) is 327 cm³/mol. The summed E-state index contributed by atoms with van der Waals surface area (Å²) in [4.78, 5) is 23.4. The number of quaternary nitrogens is 1. The van der Waals surface area contributed by atoms with Crippen LogP contribution in [-0.4, -0.2) is 73.4 Å². The second-order valence-corrected chi connectivity index (χ2v) is 24.6. The number of unbranched alkanes of at least 4 members (excludes halogenated alkanes) is 36. The number of nitrogens with zero attached hydrogens (tertiary/aromatic N) is 1. The number of nitrogens with one attached hydrogen (secondary N) is 1. The van der Waals surface area contributed by atoms with Gasteiger partial charge in [-0.25, -0.2) is 4.57 Å². The van der Waals surface area contributed by atoms with Crippen LogP contribution in [-0.2, 0) is 18.4 Å². The minimum atomic E-state index is -4.33. The van der Waals surface area contributed by atoms with E-state index in [4.69, 9.17) is 9.05 Å². The first-order chi connectivity index (χ1) is 36.5. The van der Waals surface area contributed by atoms with Gasteiger partial charge in [0, 0.05) is 6.42 Å². The Morgan fingerprint density at radius 1 is 0.467 bits per heavy atom.